The molecule has 1 amide bonds. The Hall–Kier alpha value is -5.55. The van der Waals surface area contributed by atoms with Gasteiger partial charge in [0.2, 0.25) is 0 Å². The van der Waals surface area contributed by atoms with Crippen LogP contribution < -0.4 is 5.32 Å². The predicted molar refractivity (Wildman–Crippen MR) is 269 cm³/mol. The van der Waals surface area contributed by atoms with Crippen LogP contribution in [0.3, 0.4) is 0 Å². The Labute approximate surface area is 431 Å². The lowest BCUT2D eigenvalue weighted by Crippen LogP contribution is -2.64. The normalized spacial score (nSPS) is 20.3. The lowest BCUT2D eigenvalue weighted by atomic mass is 9.93. The molecule has 1 N–H and O–H groups in total. The number of amides is 1. The highest BCUT2D eigenvalue weighted by Crippen LogP contribution is 2.44. The molecule has 1 heterocycles. The van der Waals surface area contributed by atoms with Crippen LogP contribution in [0, 0.1) is 27.1 Å². The first kappa shape index (κ1) is 60.0. The number of carbonyl (C=O) groups excluding carboxylic acids is 7. The Morgan fingerprint density at radius 3 is 1.42 bits per heavy atom. The van der Waals surface area contributed by atoms with Gasteiger partial charge in [0.05, 0.1) is 33.2 Å². The number of hydrogen-bond acceptors (Lipinski definition) is 16. The minimum Gasteiger partial charge on any atom is -0.463 e. The van der Waals surface area contributed by atoms with Crippen molar-refractivity contribution in [3.8, 4) is 11.1 Å². The predicted octanol–water partition coefficient (Wildman–Crippen LogP) is 9.18. The van der Waals surface area contributed by atoms with Crippen molar-refractivity contribution in [3.05, 3.63) is 59.7 Å². The molecule has 1 aliphatic carbocycles. The van der Waals surface area contributed by atoms with Crippen molar-refractivity contribution >= 4 is 41.9 Å². The molecule has 2 aliphatic rings. The highest BCUT2D eigenvalue weighted by molar-refractivity contribution is 5.83. The summed E-state index contributed by atoms with van der Waals surface area (Å²) in [7, 11) is 0. The van der Waals surface area contributed by atoms with Crippen molar-refractivity contribution < 1.29 is 76.2 Å². The van der Waals surface area contributed by atoms with Gasteiger partial charge >= 0.3 is 41.9 Å². The molecule has 406 valence electrons. The number of ether oxygens (including phenoxy) is 9. The highest BCUT2D eigenvalue weighted by Gasteiger charge is 2.56. The number of alkyl carbamates (subject to hydrolysis) is 1. The molecule has 0 unspecified atom stereocenters. The van der Waals surface area contributed by atoms with Gasteiger partial charge in [0.15, 0.2) is 24.6 Å². The van der Waals surface area contributed by atoms with Crippen molar-refractivity contribution in [2.45, 2.75) is 192 Å². The lowest BCUT2D eigenvalue weighted by Gasteiger charge is -2.46. The number of benzene rings is 2. The second kappa shape index (κ2) is 23.3. The maximum absolute atomic E-state index is 14.0. The quantitative estimate of drug-likeness (QED) is 0.123. The zero-order valence-electron chi connectivity index (χ0n) is 46.3. The average Bonchev–Trinajstić information content (AvgIpc) is 3.57. The van der Waals surface area contributed by atoms with Gasteiger partial charge in [-0.05, 0) is 160 Å². The van der Waals surface area contributed by atoms with Gasteiger partial charge in [0.1, 0.15) is 37.6 Å². The molecule has 0 radical (unpaired) electrons. The molecule has 4 rings (SSSR count). The molecule has 0 bridgehead atoms. The lowest BCUT2D eigenvalue weighted by molar-refractivity contribution is -0.322. The topological polar surface area (TPSA) is 215 Å². The van der Waals surface area contributed by atoms with E-state index >= 15 is 0 Å². The molecule has 2 aromatic rings. The van der Waals surface area contributed by atoms with E-state index in [1.165, 1.54) is 0 Å². The molecule has 0 spiro atoms. The molecule has 1 aliphatic heterocycles. The van der Waals surface area contributed by atoms with Gasteiger partial charge in [0.25, 0.3) is 0 Å². The van der Waals surface area contributed by atoms with Gasteiger partial charge < -0.3 is 47.9 Å². The first-order valence-corrected chi connectivity index (χ1v) is 25.0. The number of hydrogen-bond donors (Lipinski definition) is 1. The molecule has 7 atom stereocenters. The molecular formula is C56H81NO16. The Morgan fingerprint density at radius 2 is 0.959 bits per heavy atom. The van der Waals surface area contributed by atoms with Gasteiger partial charge in [-0.2, -0.15) is 0 Å². The van der Waals surface area contributed by atoms with Gasteiger partial charge in [0, 0.05) is 5.92 Å². The van der Waals surface area contributed by atoms with Crippen molar-refractivity contribution in [2.24, 2.45) is 27.1 Å². The average molecular weight is 1020 g/mol. The number of rotatable bonds is 16. The molecule has 73 heavy (non-hydrogen) atoms. The summed E-state index contributed by atoms with van der Waals surface area (Å²) >= 11 is 0. The first-order chi connectivity index (χ1) is 33.4. The molecule has 0 aromatic heterocycles. The molecular weight excluding hydrogens is 943 g/mol. The van der Waals surface area contributed by atoms with E-state index in [4.69, 9.17) is 42.6 Å². The van der Waals surface area contributed by atoms with Crippen molar-refractivity contribution in [1.82, 2.24) is 5.32 Å². The van der Waals surface area contributed by atoms with Crippen LogP contribution in [0.4, 0.5) is 4.79 Å². The minimum absolute atomic E-state index is 0.0394. The van der Waals surface area contributed by atoms with Crippen LogP contribution in [0.25, 0.3) is 11.1 Å². The maximum atomic E-state index is 14.0. The summed E-state index contributed by atoms with van der Waals surface area (Å²) in [5.74, 6) is -4.61. The van der Waals surface area contributed by atoms with Crippen LogP contribution in [0.15, 0.2) is 48.5 Å². The molecule has 1 saturated heterocycles. The van der Waals surface area contributed by atoms with E-state index in [1.807, 2.05) is 48.5 Å². The third-order valence-electron chi connectivity index (χ3n) is 11.6. The third-order valence-corrected chi connectivity index (χ3v) is 11.6. The van der Waals surface area contributed by atoms with E-state index in [1.54, 1.807) is 125 Å². The molecule has 17 heteroatoms. The number of esters is 6. The highest BCUT2D eigenvalue weighted by atomic mass is 16.7. The van der Waals surface area contributed by atoms with E-state index in [0.717, 1.165) is 22.3 Å². The van der Waals surface area contributed by atoms with E-state index in [0.29, 0.717) is 0 Å². The van der Waals surface area contributed by atoms with Crippen molar-refractivity contribution in [2.75, 3.05) is 19.8 Å². The van der Waals surface area contributed by atoms with Gasteiger partial charge in [-0.15, -0.1) is 0 Å². The summed E-state index contributed by atoms with van der Waals surface area (Å²) in [6.07, 6.45) is -10.4. The second-order valence-corrected chi connectivity index (χ2v) is 25.0. The zero-order valence-corrected chi connectivity index (χ0v) is 46.3. The summed E-state index contributed by atoms with van der Waals surface area (Å²) in [5.41, 5.74) is -2.27. The molecule has 0 saturated carbocycles. The summed E-state index contributed by atoms with van der Waals surface area (Å²) in [4.78, 5) is 96.0. The minimum atomic E-state index is -1.71. The van der Waals surface area contributed by atoms with E-state index in [9.17, 15) is 33.6 Å². The number of carbonyl (C=O) groups is 7. The fourth-order valence-electron chi connectivity index (χ4n) is 7.32. The summed E-state index contributed by atoms with van der Waals surface area (Å²) in [6, 6.07) is 14.4. The fourth-order valence-corrected chi connectivity index (χ4v) is 7.32. The Bertz CT molecular complexity index is 2250. The Kier molecular flexibility index (Phi) is 19.2. The van der Waals surface area contributed by atoms with Crippen LogP contribution in [-0.4, -0.2) is 110 Å². The third kappa shape index (κ3) is 17.0. The van der Waals surface area contributed by atoms with Crippen molar-refractivity contribution in [3.63, 3.8) is 0 Å². The monoisotopic (exact) mass is 1020 g/mol. The van der Waals surface area contributed by atoms with Crippen LogP contribution in [0.1, 0.15) is 155 Å². The van der Waals surface area contributed by atoms with E-state index in [-0.39, 0.29) is 25.4 Å². The fraction of sp³-hybridized carbons (Fsp3) is 0.661. The summed E-state index contributed by atoms with van der Waals surface area (Å²) < 4.78 is 54.8. The van der Waals surface area contributed by atoms with Crippen molar-refractivity contribution in [1.29, 1.82) is 0 Å². The summed E-state index contributed by atoms with van der Waals surface area (Å²) in [6.45, 7) is 28.4. The largest absolute Gasteiger partial charge is 0.463 e. The van der Waals surface area contributed by atoms with Crippen LogP contribution in [-0.2, 0) is 71.4 Å². The smallest absolute Gasteiger partial charge is 0.407 e. The SMILES string of the molecule is CC(C)(C)OC(=O)[C@H](CC[C@H](COC(=O)C(C)(C)C)O[C@@H]1O[C@H](COC(=O)C(C)(C)C)[C@H](OC(=O)C(C)(C)C)[C@H](OC(=O)C(C)(C)C)[C@H]1OC(=O)C(C)(C)C)NC(=O)OCC1c2ccccc2-c2ccccc21. The molecule has 1 fully saturated rings. The number of nitrogens with one attached hydrogen (secondary N) is 1. The van der Waals surface area contributed by atoms with Crippen LogP contribution in [0.5, 0.6) is 0 Å². The van der Waals surface area contributed by atoms with Gasteiger partial charge in [-0.3, -0.25) is 24.0 Å². The first-order valence-electron chi connectivity index (χ1n) is 25.0. The van der Waals surface area contributed by atoms with E-state index in [2.05, 4.69) is 5.32 Å². The Morgan fingerprint density at radius 1 is 0.521 bits per heavy atom. The van der Waals surface area contributed by atoms with E-state index < -0.39 is 131 Å². The molecule has 17 nitrogen and oxygen atoms in total. The molecule has 2 aromatic carbocycles. The zero-order chi connectivity index (χ0) is 55.2. The summed E-state index contributed by atoms with van der Waals surface area (Å²) in [5, 5.41) is 2.68. The second-order valence-electron chi connectivity index (χ2n) is 25.0. The Balaban J connectivity index is 1.78. The standard InChI is InChI=1S/C56H81NO16/c1-51(2,3)45(59)65-29-32(27-28-38(43(58)73-56(16,17)18)57-50(64)67-30-37-35-25-21-19-23-33(35)34-24-20-22-26-36(34)37)68-44-42(72-49(63)55(13,14)15)41(71-48(62)54(10,11)12)40(70-47(61)53(7,8)9)39(69-44)31-66-46(60)52(4,5)6/h19-26,32,37-42,44H,27-31H2,1-18H3,(H,57,64)/t32-,38+,39-,40+,41+,42-,44-/m1/s1. The van der Waals surface area contributed by atoms with Gasteiger partial charge in [-0.1, -0.05) is 48.5 Å². The van der Waals surface area contributed by atoms with Crippen LogP contribution in [0.2, 0.25) is 0 Å². The number of fused-ring (bicyclic) bond motifs is 3. The van der Waals surface area contributed by atoms with Crippen LogP contribution >= 0.6 is 0 Å². The maximum Gasteiger partial charge on any atom is 0.407 e. The van der Waals surface area contributed by atoms with Gasteiger partial charge in [-0.25, -0.2) is 9.59 Å².